The quantitative estimate of drug-likeness (QED) is 0.280. The van der Waals surface area contributed by atoms with E-state index in [0.29, 0.717) is 21.1 Å². The maximum Gasteiger partial charge on any atom is 0.262 e. The van der Waals surface area contributed by atoms with Gasteiger partial charge in [0.05, 0.1) is 21.2 Å². The number of carbonyl (C=O) groups is 1. The lowest BCUT2D eigenvalue weighted by Crippen LogP contribution is -2.17. The third-order valence-corrected chi connectivity index (χ3v) is 10.0. The van der Waals surface area contributed by atoms with Crippen molar-refractivity contribution >= 4 is 103 Å². The highest BCUT2D eigenvalue weighted by molar-refractivity contribution is 9.11. The first-order valence-corrected chi connectivity index (χ1v) is 14.7. The minimum Gasteiger partial charge on any atom is -0.320 e. The molecule has 0 unspecified atom stereocenters. The summed E-state index contributed by atoms with van der Waals surface area (Å²) in [5.41, 5.74) is 2.09. The van der Waals surface area contributed by atoms with Crippen LogP contribution in [-0.4, -0.2) is 14.3 Å². The maximum absolute atomic E-state index is 13.1. The van der Waals surface area contributed by atoms with Crippen LogP contribution in [0.4, 0.5) is 5.69 Å². The van der Waals surface area contributed by atoms with Crippen LogP contribution in [0.3, 0.4) is 0 Å². The average Bonchev–Trinajstić information content (AvgIpc) is 2.73. The summed E-state index contributed by atoms with van der Waals surface area (Å²) < 4.78 is 29.5. The molecule has 0 spiro atoms. The Kier molecular flexibility index (Phi) is 7.38. The number of amides is 1. The molecule has 1 N–H and O–H groups in total. The van der Waals surface area contributed by atoms with Crippen LogP contribution in [0, 0.1) is 0 Å². The lowest BCUT2D eigenvalue weighted by Gasteiger charge is -2.20. The monoisotopic (exact) mass is 719 g/mol. The summed E-state index contributed by atoms with van der Waals surface area (Å²) in [5.74, 6) is -0.385. The van der Waals surface area contributed by atoms with E-state index >= 15 is 0 Å². The van der Waals surface area contributed by atoms with E-state index in [9.17, 15) is 13.2 Å². The minimum absolute atomic E-state index is 0.153. The zero-order valence-corrected chi connectivity index (χ0v) is 24.0. The topological polar surface area (TPSA) is 63.2 Å². The highest BCUT2D eigenvalue weighted by Crippen LogP contribution is 2.41. The van der Waals surface area contributed by atoms with Gasteiger partial charge in [0.25, 0.3) is 5.91 Å². The van der Waals surface area contributed by atoms with Crippen molar-refractivity contribution in [1.29, 1.82) is 0 Å². The number of carbonyl (C=O) groups excluding carboxylic acids is 1. The highest BCUT2D eigenvalue weighted by Gasteiger charge is 2.25. The third-order valence-electron chi connectivity index (χ3n) is 4.65. The van der Waals surface area contributed by atoms with Gasteiger partial charge >= 0.3 is 0 Å². The van der Waals surface area contributed by atoms with Crippen LogP contribution < -0.4 is 5.32 Å². The first-order chi connectivity index (χ1) is 15.1. The zero-order valence-electron chi connectivity index (χ0n) is 16.0. The van der Waals surface area contributed by atoms with Gasteiger partial charge in [-0.2, -0.15) is 0 Å². The van der Waals surface area contributed by atoms with E-state index in [-0.39, 0.29) is 16.6 Å². The number of thioether (sulfide) groups is 1. The maximum atomic E-state index is 13.1. The van der Waals surface area contributed by atoms with Gasteiger partial charge in [0.2, 0.25) is 0 Å². The molecule has 4 nitrogen and oxygen atoms in total. The first-order valence-electron chi connectivity index (χ1n) is 9.10. The van der Waals surface area contributed by atoms with Crippen molar-refractivity contribution in [3.63, 3.8) is 0 Å². The highest BCUT2D eigenvalue weighted by atomic mass is 79.9. The van der Waals surface area contributed by atoms with Crippen molar-refractivity contribution in [2.75, 3.05) is 5.32 Å². The number of fused-ring (bicyclic) bond motifs is 1. The van der Waals surface area contributed by atoms with Gasteiger partial charge in [-0.05, 0) is 59.7 Å². The number of rotatable bonds is 4. The summed E-state index contributed by atoms with van der Waals surface area (Å²) >= 11 is 15.0. The van der Waals surface area contributed by atoms with Gasteiger partial charge in [0.15, 0.2) is 9.84 Å². The van der Waals surface area contributed by atoms with Gasteiger partial charge in [0.1, 0.15) is 0 Å². The molecule has 1 aliphatic heterocycles. The molecule has 0 saturated carbocycles. The minimum atomic E-state index is -3.61. The van der Waals surface area contributed by atoms with Crippen LogP contribution in [0.25, 0.3) is 6.08 Å². The van der Waals surface area contributed by atoms with Crippen LogP contribution in [0.1, 0.15) is 11.1 Å². The van der Waals surface area contributed by atoms with Crippen molar-refractivity contribution in [2.24, 2.45) is 0 Å². The molecule has 1 aliphatic rings. The molecule has 0 atom stereocenters. The number of hydrogen-bond donors (Lipinski definition) is 1. The molecule has 3 aromatic carbocycles. The third kappa shape index (κ3) is 5.26. The Hall–Kier alpha value is -0.910. The summed E-state index contributed by atoms with van der Waals surface area (Å²) in [6, 6.07) is 15.9. The van der Waals surface area contributed by atoms with E-state index in [0.717, 1.165) is 23.5 Å². The van der Waals surface area contributed by atoms with Crippen LogP contribution in [-0.2, 0) is 20.4 Å². The van der Waals surface area contributed by atoms with E-state index in [1.54, 1.807) is 18.2 Å². The van der Waals surface area contributed by atoms with Gasteiger partial charge in [-0.25, -0.2) is 8.42 Å². The van der Waals surface area contributed by atoms with E-state index in [4.69, 9.17) is 0 Å². The molecule has 32 heavy (non-hydrogen) atoms. The molecule has 1 heterocycles. The van der Waals surface area contributed by atoms with Crippen molar-refractivity contribution in [3.8, 4) is 0 Å². The smallest absolute Gasteiger partial charge is 0.262 e. The fourth-order valence-electron chi connectivity index (χ4n) is 3.03. The van der Waals surface area contributed by atoms with Crippen LogP contribution >= 0.6 is 75.5 Å². The standard InChI is InChI=1S/C22H13Br4NO3S2/c23-13-5-4-12(18(26)9-13)8-21-22(28)27-19-7-6-14(10-20(19)31-21)32(29,30)11-15-16(24)2-1-3-17(15)25/h1-10H,11H2,(H,27,28). The molecule has 0 aliphatic carbocycles. The molecule has 0 fully saturated rings. The van der Waals surface area contributed by atoms with Gasteiger partial charge in [-0.1, -0.05) is 87.6 Å². The molecule has 10 heteroatoms. The summed E-state index contributed by atoms with van der Waals surface area (Å²) in [7, 11) is -3.61. The number of sulfone groups is 1. The number of hydrogen-bond acceptors (Lipinski definition) is 4. The Morgan fingerprint density at radius 2 is 1.62 bits per heavy atom. The van der Waals surface area contributed by atoms with Crippen LogP contribution in [0.2, 0.25) is 0 Å². The Labute approximate surface area is 223 Å². The van der Waals surface area contributed by atoms with Crippen molar-refractivity contribution in [3.05, 3.63) is 88.5 Å². The average molecular weight is 723 g/mol. The fourth-order valence-corrected chi connectivity index (χ4v) is 8.33. The van der Waals surface area contributed by atoms with Crippen molar-refractivity contribution in [1.82, 2.24) is 0 Å². The first kappa shape index (κ1) is 24.2. The molecular formula is C22H13Br4NO3S2. The number of nitrogens with one attached hydrogen (secondary N) is 1. The Morgan fingerprint density at radius 3 is 2.31 bits per heavy atom. The lowest BCUT2D eigenvalue weighted by molar-refractivity contribution is -0.112. The summed E-state index contributed by atoms with van der Waals surface area (Å²) in [6.07, 6.45) is 1.78. The zero-order chi connectivity index (χ0) is 23.0. The predicted molar refractivity (Wildman–Crippen MR) is 143 cm³/mol. The molecular weight excluding hydrogens is 710 g/mol. The SMILES string of the molecule is O=C1Nc2ccc(S(=O)(=O)Cc3c(Br)cccc3Br)cc2SC1=Cc1ccc(Br)cc1Br. The van der Waals surface area contributed by atoms with Gasteiger partial charge in [-0.3, -0.25) is 4.79 Å². The van der Waals surface area contributed by atoms with Gasteiger partial charge in [0, 0.05) is 22.8 Å². The van der Waals surface area contributed by atoms with E-state index in [1.807, 2.05) is 36.4 Å². The number of benzene rings is 3. The van der Waals surface area contributed by atoms with E-state index in [1.165, 1.54) is 17.8 Å². The second-order valence-corrected chi connectivity index (χ2v) is 13.4. The van der Waals surface area contributed by atoms with Gasteiger partial charge < -0.3 is 5.32 Å². The molecule has 3 aromatic rings. The summed E-state index contributed by atoms with van der Waals surface area (Å²) in [6.45, 7) is 0. The van der Waals surface area contributed by atoms with E-state index in [2.05, 4.69) is 69.0 Å². The predicted octanol–water partition coefficient (Wildman–Crippen LogP) is 7.80. The van der Waals surface area contributed by atoms with Crippen molar-refractivity contribution < 1.29 is 13.2 Å². The Balaban J connectivity index is 1.67. The van der Waals surface area contributed by atoms with E-state index < -0.39 is 9.84 Å². The summed E-state index contributed by atoms with van der Waals surface area (Å²) in [5, 5.41) is 2.85. The summed E-state index contributed by atoms with van der Waals surface area (Å²) in [4.78, 5) is 13.9. The normalized spacial score (nSPS) is 14.9. The van der Waals surface area contributed by atoms with Crippen molar-refractivity contribution in [2.45, 2.75) is 15.5 Å². The largest absolute Gasteiger partial charge is 0.320 e. The molecule has 0 radical (unpaired) electrons. The molecule has 164 valence electrons. The second kappa shape index (κ2) is 9.76. The number of anilines is 1. The molecule has 0 saturated heterocycles. The molecule has 0 bridgehead atoms. The molecule has 0 aromatic heterocycles. The lowest BCUT2D eigenvalue weighted by atomic mass is 10.2. The Morgan fingerprint density at radius 1 is 0.906 bits per heavy atom. The second-order valence-electron chi connectivity index (χ2n) is 6.85. The van der Waals surface area contributed by atoms with Crippen LogP contribution in [0.15, 0.2) is 87.2 Å². The number of halogens is 4. The molecule has 4 rings (SSSR count). The van der Waals surface area contributed by atoms with Crippen LogP contribution in [0.5, 0.6) is 0 Å². The van der Waals surface area contributed by atoms with Gasteiger partial charge in [-0.15, -0.1) is 0 Å². The molecule has 1 amide bonds. The Bertz CT molecular complexity index is 1370. The fraction of sp³-hybridized carbons (Fsp3) is 0.0455.